The van der Waals surface area contributed by atoms with Crippen molar-refractivity contribution in [2.75, 3.05) is 11.9 Å². The van der Waals surface area contributed by atoms with Gasteiger partial charge in [-0.2, -0.15) is 4.98 Å². The van der Waals surface area contributed by atoms with Crippen molar-refractivity contribution in [3.8, 4) is 0 Å². The van der Waals surface area contributed by atoms with Crippen molar-refractivity contribution in [2.24, 2.45) is 5.73 Å². The summed E-state index contributed by atoms with van der Waals surface area (Å²) in [4.78, 5) is 18.6. The topological polar surface area (TPSA) is 80.9 Å². The number of anilines is 1. The van der Waals surface area contributed by atoms with E-state index in [0.717, 1.165) is 6.42 Å². The third-order valence-electron chi connectivity index (χ3n) is 1.67. The van der Waals surface area contributed by atoms with Crippen LogP contribution in [0, 0.1) is 0 Å². The molecule has 6 heteroatoms. The average molecular weight is 227 g/mol. The molecule has 0 aliphatic carbocycles. The Morgan fingerprint density at radius 3 is 3.07 bits per heavy atom. The molecule has 1 aromatic rings. The van der Waals surface area contributed by atoms with E-state index in [9.17, 15) is 4.79 Å². The van der Waals surface area contributed by atoms with Crippen molar-refractivity contribution in [3.05, 3.63) is 29.7 Å². The van der Waals surface area contributed by atoms with Crippen LogP contribution in [0.15, 0.2) is 18.9 Å². The van der Waals surface area contributed by atoms with Crippen molar-refractivity contribution in [1.82, 2.24) is 9.97 Å². The Bertz CT molecular complexity index is 380. The Morgan fingerprint density at radius 1 is 1.73 bits per heavy atom. The number of hydrogen-bond acceptors (Lipinski definition) is 4. The number of nitrogens with two attached hydrogens (primary N) is 1. The molecule has 1 aromatic heterocycles. The monoisotopic (exact) mass is 226 g/mol. The zero-order valence-electron chi connectivity index (χ0n) is 8.03. The molecule has 0 unspecified atom stereocenters. The van der Waals surface area contributed by atoms with E-state index in [-0.39, 0.29) is 10.8 Å². The van der Waals surface area contributed by atoms with Crippen LogP contribution < -0.4 is 11.1 Å². The summed E-state index contributed by atoms with van der Waals surface area (Å²) >= 11 is 5.60. The smallest absolute Gasteiger partial charge is 0.254 e. The Morgan fingerprint density at radius 2 is 2.47 bits per heavy atom. The lowest BCUT2D eigenvalue weighted by molar-refractivity contribution is 0.100. The zero-order chi connectivity index (χ0) is 11.3. The quantitative estimate of drug-likeness (QED) is 0.449. The Labute approximate surface area is 92.4 Å². The lowest BCUT2D eigenvalue weighted by Crippen LogP contribution is -2.16. The van der Waals surface area contributed by atoms with Crippen LogP contribution >= 0.6 is 11.6 Å². The molecule has 0 atom stereocenters. The fourth-order valence-corrected chi connectivity index (χ4v) is 1.10. The Kier molecular flexibility index (Phi) is 4.05. The molecule has 1 heterocycles. The molecule has 0 aliphatic rings. The SMILES string of the molecule is C=CCCNc1nc(Cl)ncc1C(N)=O. The van der Waals surface area contributed by atoms with Gasteiger partial charge in [0.05, 0.1) is 5.56 Å². The van der Waals surface area contributed by atoms with Crippen LogP contribution in [-0.4, -0.2) is 22.4 Å². The summed E-state index contributed by atoms with van der Waals surface area (Å²) in [6.45, 7) is 4.18. The van der Waals surface area contributed by atoms with Gasteiger partial charge < -0.3 is 11.1 Å². The summed E-state index contributed by atoms with van der Waals surface area (Å²) in [5.74, 6) is -0.239. The number of amides is 1. The molecule has 0 radical (unpaired) electrons. The van der Waals surface area contributed by atoms with E-state index < -0.39 is 5.91 Å². The van der Waals surface area contributed by atoms with Gasteiger partial charge in [0.25, 0.3) is 5.91 Å². The first-order chi connectivity index (χ1) is 7.15. The highest BCUT2D eigenvalue weighted by Gasteiger charge is 2.10. The predicted molar refractivity (Wildman–Crippen MR) is 58.9 cm³/mol. The van der Waals surface area contributed by atoms with Crippen LogP contribution in [0.1, 0.15) is 16.8 Å². The van der Waals surface area contributed by atoms with Gasteiger partial charge in [0.1, 0.15) is 5.82 Å². The average Bonchev–Trinajstić information content (AvgIpc) is 2.18. The van der Waals surface area contributed by atoms with Crippen molar-refractivity contribution in [2.45, 2.75) is 6.42 Å². The number of primary amides is 1. The van der Waals surface area contributed by atoms with Crippen LogP contribution in [-0.2, 0) is 0 Å². The van der Waals surface area contributed by atoms with Gasteiger partial charge in [-0.1, -0.05) is 6.08 Å². The summed E-state index contributed by atoms with van der Waals surface area (Å²) in [7, 11) is 0. The van der Waals surface area contributed by atoms with Crippen molar-refractivity contribution in [1.29, 1.82) is 0 Å². The number of hydrogen-bond donors (Lipinski definition) is 2. The standard InChI is InChI=1S/C9H11ClN4O/c1-2-3-4-12-8-6(7(11)15)5-13-9(10)14-8/h2,5H,1,3-4H2,(H2,11,15)(H,12,13,14). The first-order valence-electron chi connectivity index (χ1n) is 4.32. The number of carbonyl (C=O) groups excluding carboxylic acids is 1. The summed E-state index contributed by atoms with van der Waals surface area (Å²) in [5.41, 5.74) is 5.37. The lowest BCUT2D eigenvalue weighted by atomic mass is 10.3. The number of halogens is 1. The minimum Gasteiger partial charge on any atom is -0.369 e. The number of carbonyl (C=O) groups is 1. The normalized spacial score (nSPS) is 9.67. The molecule has 0 bridgehead atoms. The molecule has 3 N–H and O–H groups in total. The molecule has 0 aliphatic heterocycles. The molecule has 5 nitrogen and oxygen atoms in total. The second-order valence-electron chi connectivity index (χ2n) is 2.77. The highest BCUT2D eigenvalue weighted by Crippen LogP contribution is 2.13. The largest absolute Gasteiger partial charge is 0.369 e. The van der Waals surface area contributed by atoms with Gasteiger partial charge in [-0.25, -0.2) is 4.98 Å². The van der Waals surface area contributed by atoms with Crippen LogP contribution in [0.4, 0.5) is 5.82 Å². The fraction of sp³-hybridized carbons (Fsp3) is 0.222. The van der Waals surface area contributed by atoms with Crippen LogP contribution in [0.2, 0.25) is 5.28 Å². The molecule has 0 aromatic carbocycles. The van der Waals surface area contributed by atoms with Crippen molar-refractivity contribution >= 4 is 23.3 Å². The number of nitrogens with one attached hydrogen (secondary N) is 1. The molecule has 0 fully saturated rings. The molecular formula is C9H11ClN4O. The molecule has 15 heavy (non-hydrogen) atoms. The summed E-state index contributed by atoms with van der Waals surface area (Å²) in [5, 5.41) is 3.00. The number of nitrogens with zero attached hydrogens (tertiary/aromatic N) is 2. The molecule has 0 saturated carbocycles. The maximum atomic E-state index is 11.0. The van der Waals surface area contributed by atoms with Crippen LogP contribution in [0.3, 0.4) is 0 Å². The van der Waals surface area contributed by atoms with E-state index in [4.69, 9.17) is 17.3 Å². The zero-order valence-corrected chi connectivity index (χ0v) is 8.79. The van der Waals surface area contributed by atoms with E-state index in [1.165, 1.54) is 6.20 Å². The maximum Gasteiger partial charge on any atom is 0.254 e. The Hall–Kier alpha value is -1.62. The van der Waals surface area contributed by atoms with E-state index >= 15 is 0 Å². The van der Waals surface area contributed by atoms with Gasteiger partial charge in [-0.15, -0.1) is 6.58 Å². The molecule has 80 valence electrons. The van der Waals surface area contributed by atoms with Gasteiger partial charge in [0, 0.05) is 12.7 Å². The summed E-state index contributed by atoms with van der Waals surface area (Å²) in [6.07, 6.45) is 3.80. The number of rotatable bonds is 5. The molecule has 0 saturated heterocycles. The summed E-state index contributed by atoms with van der Waals surface area (Å²) in [6, 6.07) is 0. The second-order valence-corrected chi connectivity index (χ2v) is 3.11. The third-order valence-corrected chi connectivity index (χ3v) is 1.85. The van der Waals surface area contributed by atoms with Gasteiger partial charge in [0.2, 0.25) is 5.28 Å². The first-order valence-corrected chi connectivity index (χ1v) is 4.70. The van der Waals surface area contributed by atoms with Gasteiger partial charge in [0.15, 0.2) is 0 Å². The maximum absolute atomic E-state index is 11.0. The minimum atomic E-state index is -0.590. The Balaban J connectivity index is 2.86. The van der Waals surface area contributed by atoms with E-state index in [0.29, 0.717) is 12.4 Å². The molecule has 1 amide bonds. The van der Waals surface area contributed by atoms with E-state index in [1.807, 2.05) is 0 Å². The van der Waals surface area contributed by atoms with Crippen molar-refractivity contribution < 1.29 is 4.79 Å². The van der Waals surface area contributed by atoms with Crippen LogP contribution in [0.25, 0.3) is 0 Å². The van der Waals surface area contributed by atoms with E-state index in [1.54, 1.807) is 6.08 Å². The van der Waals surface area contributed by atoms with Gasteiger partial charge in [-0.3, -0.25) is 4.79 Å². The van der Waals surface area contributed by atoms with Crippen LogP contribution in [0.5, 0.6) is 0 Å². The van der Waals surface area contributed by atoms with Crippen molar-refractivity contribution in [3.63, 3.8) is 0 Å². The van der Waals surface area contributed by atoms with Gasteiger partial charge in [-0.05, 0) is 18.0 Å². The fourth-order valence-electron chi connectivity index (χ4n) is 0.968. The lowest BCUT2D eigenvalue weighted by Gasteiger charge is -2.07. The second kappa shape index (κ2) is 5.31. The molecular weight excluding hydrogens is 216 g/mol. The van der Waals surface area contributed by atoms with Gasteiger partial charge >= 0.3 is 0 Å². The van der Waals surface area contributed by atoms with E-state index in [2.05, 4.69) is 21.9 Å². The minimum absolute atomic E-state index is 0.0705. The predicted octanol–water partition coefficient (Wildman–Crippen LogP) is 1.22. The molecule has 0 spiro atoms. The number of aromatic nitrogens is 2. The summed E-state index contributed by atoms with van der Waals surface area (Å²) < 4.78 is 0. The molecule has 1 rings (SSSR count). The first kappa shape index (κ1) is 11.5. The third kappa shape index (κ3) is 3.21. The highest BCUT2D eigenvalue weighted by atomic mass is 35.5. The highest BCUT2D eigenvalue weighted by molar-refractivity contribution is 6.28.